The number of quaternary nitrogens is 1. The van der Waals surface area contributed by atoms with Gasteiger partial charge in [-0.2, -0.15) is 11.8 Å². The Labute approximate surface area is 166 Å². The molecule has 2 saturated carbocycles. The molecule has 140 valence electrons. The zero-order valence-electron chi connectivity index (χ0n) is 14.5. The summed E-state index contributed by atoms with van der Waals surface area (Å²) < 4.78 is 0. The molecule has 1 aliphatic heterocycles. The van der Waals surface area contributed by atoms with Crippen molar-refractivity contribution in [1.82, 2.24) is 4.90 Å². The lowest BCUT2D eigenvalue weighted by molar-refractivity contribution is -0.642. The normalized spacial score (nSPS) is 39.9. The minimum Gasteiger partial charge on any atom is -0.333 e. The summed E-state index contributed by atoms with van der Waals surface area (Å²) in [5, 5.41) is 4.04. The number of hydrogen-bond donors (Lipinski definition) is 1. The smallest absolute Gasteiger partial charge is 0.132 e. The highest BCUT2D eigenvalue weighted by Gasteiger charge is 2.36. The molecule has 6 heteroatoms. The highest BCUT2D eigenvalue weighted by Crippen LogP contribution is 2.40. The van der Waals surface area contributed by atoms with E-state index in [0.717, 1.165) is 25.4 Å². The molecule has 0 spiro atoms. The third kappa shape index (κ3) is 5.82. The molecule has 2 nitrogen and oxygen atoms in total. The largest absolute Gasteiger partial charge is 0.333 e. The van der Waals surface area contributed by atoms with E-state index in [1.165, 1.54) is 57.5 Å². The lowest BCUT2D eigenvalue weighted by atomic mass is 9.85. The first kappa shape index (κ1) is 19.9. The average molecular weight is 415 g/mol. The van der Waals surface area contributed by atoms with Crippen LogP contribution in [0.4, 0.5) is 0 Å². The Morgan fingerprint density at radius 1 is 1.00 bits per heavy atom. The Kier molecular flexibility index (Phi) is 8.20. The zero-order chi connectivity index (χ0) is 16.9. The van der Waals surface area contributed by atoms with Crippen LogP contribution in [0.25, 0.3) is 0 Å². The molecule has 0 aromatic heterocycles. The lowest BCUT2D eigenvalue weighted by Crippen LogP contribution is -2.82. The molecule has 0 bridgehead atoms. The van der Waals surface area contributed by atoms with E-state index in [1.54, 1.807) is 0 Å². The SMILES string of the molecule is ClC1CCC(CS[C@H](CN2CC[NH2+]C2)C2CCC(Cl)CC2Cl)CC1. The van der Waals surface area contributed by atoms with Crippen LogP contribution in [0.2, 0.25) is 0 Å². The first-order chi connectivity index (χ1) is 11.6. The predicted octanol–water partition coefficient (Wildman–Crippen LogP) is 3.74. The summed E-state index contributed by atoms with van der Waals surface area (Å²) in [7, 11) is 0. The van der Waals surface area contributed by atoms with Gasteiger partial charge < -0.3 is 5.32 Å². The van der Waals surface area contributed by atoms with Crippen molar-refractivity contribution in [1.29, 1.82) is 0 Å². The Morgan fingerprint density at radius 2 is 1.75 bits per heavy atom. The molecule has 1 saturated heterocycles. The van der Waals surface area contributed by atoms with Gasteiger partial charge in [0.25, 0.3) is 0 Å². The van der Waals surface area contributed by atoms with Gasteiger partial charge in [0.05, 0.1) is 13.1 Å². The molecule has 3 rings (SSSR count). The highest BCUT2D eigenvalue weighted by molar-refractivity contribution is 7.99. The Morgan fingerprint density at radius 3 is 2.42 bits per heavy atom. The molecule has 2 N–H and O–H groups in total. The molecular weight excluding hydrogens is 383 g/mol. The first-order valence-electron chi connectivity index (χ1n) is 9.69. The van der Waals surface area contributed by atoms with E-state index in [0.29, 0.717) is 16.5 Å². The zero-order valence-corrected chi connectivity index (χ0v) is 17.6. The molecule has 0 aromatic carbocycles. The molecule has 4 atom stereocenters. The Bertz CT molecular complexity index is 373. The summed E-state index contributed by atoms with van der Waals surface area (Å²) in [6.07, 6.45) is 8.34. The molecule has 0 amide bonds. The number of rotatable bonds is 6. The maximum absolute atomic E-state index is 6.76. The quantitative estimate of drug-likeness (QED) is 0.668. The van der Waals surface area contributed by atoms with Crippen LogP contribution in [0.1, 0.15) is 44.9 Å². The second-order valence-corrected chi connectivity index (χ2v) is 11.0. The number of hydrogen-bond acceptors (Lipinski definition) is 2. The standard InChI is InChI=1S/C18H31Cl3N2S/c19-14-3-1-13(2-4-14)11-24-18(10-23-8-7-22-12-23)16-6-5-15(20)9-17(16)21/h13-18,22H,1-12H2/p+1/t13?,14?,15?,16?,17?,18-/m1/s1. The van der Waals surface area contributed by atoms with Crippen molar-refractivity contribution >= 4 is 46.6 Å². The molecule has 1 heterocycles. The second kappa shape index (κ2) is 9.90. The van der Waals surface area contributed by atoms with Crippen molar-refractivity contribution in [3.8, 4) is 0 Å². The monoisotopic (exact) mass is 413 g/mol. The van der Waals surface area contributed by atoms with Gasteiger partial charge in [-0.05, 0) is 62.5 Å². The third-order valence-electron chi connectivity index (χ3n) is 6.03. The van der Waals surface area contributed by atoms with Gasteiger partial charge in [0.15, 0.2) is 0 Å². The maximum atomic E-state index is 6.76. The molecule has 3 aliphatic rings. The minimum atomic E-state index is 0.254. The summed E-state index contributed by atoms with van der Waals surface area (Å²) in [5.74, 6) is 2.77. The fourth-order valence-electron chi connectivity index (χ4n) is 4.43. The molecule has 0 radical (unpaired) electrons. The van der Waals surface area contributed by atoms with E-state index in [2.05, 4.69) is 22.0 Å². The summed E-state index contributed by atoms with van der Waals surface area (Å²) in [6, 6.07) is 0. The van der Waals surface area contributed by atoms with E-state index < -0.39 is 0 Å². The van der Waals surface area contributed by atoms with Crippen LogP contribution in [-0.4, -0.2) is 58.3 Å². The number of alkyl halides is 3. The lowest BCUT2D eigenvalue weighted by Gasteiger charge is -2.37. The Balaban J connectivity index is 1.54. The Hall–Kier alpha value is 1.14. The van der Waals surface area contributed by atoms with Crippen molar-refractivity contribution in [3.63, 3.8) is 0 Å². The van der Waals surface area contributed by atoms with Gasteiger partial charge in [-0.25, -0.2) is 0 Å². The predicted molar refractivity (Wildman–Crippen MR) is 108 cm³/mol. The topological polar surface area (TPSA) is 19.9 Å². The average Bonchev–Trinajstić information content (AvgIpc) is 3.06. The minimum absolute atomic E-state index is 0.254. The molecule has 24 heavy (non-hydrogen) atoms. The van der Waals surface area contributed by atoms with Gasteiger partial charge in [-0.1, -0.05) is 0 Å². The number of halogens is 3. The number of nitrogens with two attached hydrogens (primary N) is 1. The fourth-order valence-corrected chi connectivity index (χ4v) is 7.43. The van der Waals surface area contributed by atoms with Crippen molar-refractivity contribution in [3.05, 3.63) is 0 Å². The van der Waals surface area contributed by atoms with Crippen LogP contribution < -0.4 is 5.32 Å². The summed E-state index contributed by atoms with van der Waals surface area (Å²) in [4.78, 5) is 2.61. The van der Waals surface area contributed by atoms with E-state index in [1.807, 2.05) is 0 Å². The molecule has 0 aromatic rings. The first-order valence-corrected chi connectivity index (χ1v) is 12.1. The van der Waals surface area contributed by atoms with E-state index in [9.17, 15) is 0 Å². The van der Waals surface area contributed by atoms with Crippen molar-refractivity contribution in [2.75, 3.05) is 32.1 Å². The van der Waals surface area contributed by atoms with Gasteiger partial charge in [0.1, 0.15) is 6.67 Å². The van der Waals surface area contributed by atoms with Gasteiger partial charge in [-0.15, -0.1) is 34.8 Å². The van der Waals surface area contributed by atoms with Crippen LogP contribution in [0, 0.1) is 11.8 Å². The summed E-state index contributed by atoms with van der Waals surface area (Å²) in [5.41, 5.74) is 0. The van der Waals surface area contributed by atoms with Gasteiger partial charge >= 0.3 is 0 Å². The summed E-state index contributed by atoms with van der Waals surface area (Å²) in [6.45, 7) is 4.83. The van der Waals surface area contributed by atoms with Crippen LogP contribution in [-0.2, 0) is 0 Å². The van der Waals surface area contributed by atoms with Crippen molar-refractivity contribution in [2.45, 2.75) is 66.3 Å². The highest BCUT2D eigenvalue weighted by atomic mass is 35.5. The van der Waals surface area contributed by atoms with Crippen molar-refractivity contribution in [2.24, 2.45) is 11.8 Å². The van der Waals surface area contributed by atoms with Crippen LogP contribution >= 0.6 is 46.6 Å². The summed E-state index contributed by atoms with van der Waals surface area (Å²) >= 11 is 21.6. The maximum Gasteiger partial charge on any atom is 0.132 e. The number of thioether (sulfide) groups is 1. The second-order valence-electron chi connectivity index (χ2n) is 7.92. The van der Waals surface area contributed by atoms with E-state index >= 15 is 0 Å². The molecule has 3 fully saturated rings. The van der Waals surface area contributed by atoms with Crippen molar-refractivity contribution < 1.29 is 5.32 Å². The van der Waals surface area contributed by atoms with E-state index in [4.69, 9.17) is 34.8 Å². The van der Waals surface area contributed by atoms with Gasteiger partial charge in [-0.3, -0.25) is 4.90 Å². The van der Waals surface area contributed by atoms with Crippen LogP contribution in [0.15, 0.2) is 0 Å². The van der Waals surface area contributed by atoms with E-state index in [-0.39, 0.29) is 10.8 Å². The fraction of sp³-hybridized carbons (Fsp3) is 1.00. The third-order valence-corrected chi connectivity index (χ3v) is 8.96. The van der Waals surface area contributed by atoms with Gasteiger partial charge in [0, 0.05) is 27.9 Å². The van der Waals surface area contributed by atoms with Gasteiger partial charge in [0.2, 0.25) is 0 Å². The molecular formula is C18H32Cl3N2S+. The number of nitrogens with zero attached hydrogens (tertiary/aromatic N) is 1. The van der Waals surface area contributed by atoms with Crippen LogP contribution in [0.5, 0.6) is 0 Å². The molecule has 2 aliphatic carbocycles. The molecule has 3 unspecified atom stereocenters. The van der Waals surface area contributed by atoms with Crippen LogP contribution in [0.3, 0.4) is 0 Å².